The third kappa shape index (κ3) is 80.3. The van der Waals surface area contributed by atoms with Crippen LogP contribution in [-0.2, 0) is 32.7 Å². The van der Waals surface area contributed by atoms with Crippen molar-refractivity contribution in [2.45, 2.75) is 412 Å². The number of hydrogen-bond donors (Lipinski definition) is 1. The number of ether oxygens (including phenoxy) is 2. The van der Waals surface area contributed by atoms with E-state index >= 15 is 0 Å². The molecule has 0 spiro atoms. The molecule has 0 saturated carbocycles. The van der Waals surface area contributed by atoms with E-state index < -0.39 is 26.5 Å². The van der Waals surface area contributed by atoms with Gasteiger partial charge in [0.05, 0.1) is 27.7 Å². The summed E-state index contributed by atoms with van der Waals surface area (Å²) in [6.07, 6.45) is 103. The lowest BCUT2D eigenvalue weighted by atomic mass is 10.0. The summed E-state index contributed by atoms with van der Waals surface area (Å²) in [7, 11) is 1.50. The molecule has 0 fully saturated rings. The van der Waals surface area contributed by atoms with Gasteiger partial charge in [-0.25, -0.2) is 4.57 Å². The first-order chi connectivity index (χ1) is 46.5. The third-order valence-electron chi connectivity index (χ3n) is 18.5. The largest absolute Gasteiger partial charge is 0.472 e. The molecule has 556 valence electrons. The highest BCUT2D eigenvalue weighted by atomic mass is 31.2. The van der Waals surface area contributed by atoms with Crippen LogP contribution in [0.1, 0.15) is 406 Å². The van der Waals surface area contributed by atoms with Gasteiger partial charge in [0.1, 0.15) is 19.8 Å². The van der Waals surface area contributed by atoms with Crippen molar-refractivity contribution in [2.75, 3.05) is 47.5 Å². The Hall–Kier alpha value is -2.55. The van der Waals surface area contributed by atoms with Crippen molar-refractivity contribution >= 4 is 19.8 Å². The first kappa shape index (κ1) is 92.4. The maximum atomic E-state index is 12.9. The number of nitrogens with zero attached hydrogens (tertiary/aromatic N) is 1. The zero-order valence-corrected chi connectivity index (χ0v) is 64.6. The standard InChI is InChI=1S/C85H158NO8P/c1-6-8-10-12-14-16-18-20-22-24-26-28-30-32-34-36-38-40-42-43-44-46-48-50-52-54-56-58-60-62-64-66-68-70-72-74-76-78-85(88)94-83(82-93-95(89,90)92-80-79-86(3,4)5)81-91-84(87)77-75-73-71-69-67-65-63-61-59-57-55-53-51-49-47-45-41-39-37-35-33-31-29-27-25-23-21-19-17-15-13-11-9-7-2/h8,10,14,16,20,22,26,28,32,34,38,40,83H,6-7,9,11-13,15,17-19,21,23-25,27,29-31,33,35-37,39,41-82H2,1-5H3/p+1/b10-8-,16-14-,22-20-,28-26-,34-32-,40-38-. The monoisotopic (exact) mass is 1350 g/mol. The topological polar surface area (TPSA) is 108 Å². The molecule has 10 heteroatoms. The van der Waals surface area contributed by atoms with Crippen LogP contribution in [0.25, 0.3) is 0 Å². The van der Waals surface area contributed by atoms with Crippen molar-refractivity contribution in [3.05, 3.63) is 72.9 Å². The first-order valence-corrected chi connectivity index (χ1v) is 42.7. The van der Waals surface area contributed by atoms with E-state index in [2.05, 4.69) is 86.8 Å². The van der Waals surface area contributed by atoms with Gasteiger partial charge in [0.2, 0.25) is 0 Å². The minimum atomic E-state index is -4.40. The maximum absolute atomic E-state index is 12.9. The molecular weight excluding hydrogens is 1190 g/mol. The van der Waals surface area contributed by atoms with E-state index in [1.807, 2.05) is 21.1 Å². The molecule has 9 nitrogen and oxygen atoms in total. The highest BCUT2D eigenvalue weighted by molar-refractivity contribution is 7.47. The number of carbonyl (C=O) groups is 2. The van der Waals surface area contributed by atoms with Crippen LogP contribution >= 0.6 is 7.82 Å². The van der Waals surface area contributed by atoms with Gasteiger partial charge in [-0.2, -0.15) is 0 Å². The van der Waals surface area contributed by atoms with Crippen LogP contribution in [-0.4, -0.2) is 74.9 Å². The molecule has 0 heterocycles. The van der Waals surface area contributed by atoms with Gasteiger partial charge >= 0.3 is 19.8 Å². The second-order valence-electron chi connectivity index (χ2n) is 29.1. The lowest BCUT2D eigenvalue weighted by Gasteiger charge is -2.24. The average molecular weight is 1350 g/mol. The molecule has 0 bridgehead atoms. The maximum Gasteiger partial charge on any atom is 0.472 e. The van der Waals surface area contributed by atoms with E-state index in [0.717, 1.165) is 70.6 Å². The van der Waals surface area contributed by atoms with E-state index in [1.54, 1.807) is 0 Å². The van der Waals surface area contributed by atoms with Crippen LogP contribution in [0.5, 0.6) is 0 Å². The number of phosphoric ester groups is 1. The Balaban J connectivity index is 3.91. The van der Waals surface area contributed by atoms with Crippen molar-refractivity contribution in [1.82, 2.24) is 0 Å². The molecule has 0 amide bonds. The zero-order valence-electron chi connectivity index (χ0n) is 63.7. The number of hydrogen-bond acceptors (Lipinski definition) is 7. The first-order valence-electron chi connectivity index (χ1n) is 41.2. The van der Waals surface area contributed by atoms with Crippen molar-refractivity contribution in [1.29, 1.82) is 0 Å². The number of esters is 2. The number of carbonyl (C=O) groups excluding carboxylic acids is 2. The van der Waals surface area contributed by atoms with E-state index in [4.69, 9.17) is 18.5 Å². The Kier molecular flexibility index (Phi) is 73.6. The fourth-order valence-corrected chi connectivity index (χ4v) is 13.0. The number of phosphoric acid groups is 1. The number of likely N-dealkylation sites (N-methyl/N-ethyl adjacent to an activating group) is 1. The van der Waals surface area contributed by atoms with Gasteiger partial charge in [-0.15, -0.1) is 0 Å². The number of unbranched alkanes of at least 4 members (excludes halogenated alkanes) is 51. The predicted molar refractivity (Wildman–Crippen MR) is 413 cm³/mol. The molecular formula is C85H159NO8P+. The van der Waals surface area contributed by atoms with Crippen molar-refractivity contribution in [3.8, 4) is 0 Å². The fraction of sp³-hybridized carbons (Fsp3) is 0.835. The third-order valence-corrected chi connectivity index (χ3v) is 19.5. The molecule has 0 rings (SSSR count). The summed E-state index contributed by atoms with van der Waals surface area (Å²) < 4.78 is 34.9. The highest BCUT2D eigenvalue weighted by Gasteiger charge is 2.27. The van der Waals surface area contributed by atoms with Crippen LogP contribution < -0.4 is 0 Å². The van der Waals surface area contributed by atoms with Gasteiger partial charge in [-0.05, 0) is 64.2 Å². The Morgan fingerprint density at radius 3 is 0.895 bits per heavy atom. The molecule has 0 saturated heterocycles. The summed E-state index contributed by atoms with van der Waals surface area (Å²) in [6, 6.07) is 0. The van der Waals surface area contributed by atoms with Gasteiger partial charge in [0, 0.05) is 12.8 Å². The minimum absolute atomic E-state index is 0.0333. The molecule has 0 aliphatic heterocycles. The van der Waals surface area contributed by atoms with Crippen molar-refractivity contribution < 1.29 is 42.1 Å². The Morgan fingerprint density at radius 1 is 0.337 bits per heavy atom. The number of rotatable bonds is 77. The lowest BCUT2D eigenvalue weighted by molar-refractivity contribution is -0.870. The molecule has 2 atom stereocenters. The number of allylic oxidation sites excluding steroid dienone is 12. The second kappa shape index (κ2) is 75.6. The summed E-state index contributed by atoms with van der Waals surface area (Å²) in [5, 5.41) is 0. The molecule has 0 aromatic rings. The summed E-state index contributed by atoms with van der Waals surface area (Å²) >= 11 is 0. The smallest absolute Gasteiger partial charge is 0.462 e. The summed E-state index contributed by atoms with van der Waals surface area (Å²) in [4.78, 5) is 36.0. The van der Waals surface area contributed by atoms with Crippen molar-refractivity contribution in [2.24, 2.45) is 0 Å². The molecule has 0 aliphatic rings. The van der Waals surface area contributed by atoms with E-state index in [-0.39, 0.29) is 25.6 Å². The summed E-state index contributed by atoms with van der Waals surface area (Å²) in [5.41, 5.74) is 0. The summed E-state index contributed by atoms with van der Waals surface area (Å²) in [5.74, 6) is -0.775. The van der Waals surface area contributed by atoms with Gasteiger partial charge in [-0.1, -0.05) is 401 Å². The SMILES string of the molecule is CC/C=C\C/C=C\C/C=C\C/C=C\C/C=C\C/C=C\CCCCCCCCCCCCCCCCCCCCC(=O)OC(COC(=O)CCCCCCCCCCCCCCCCCCCCCCCCCCCCCCCCCCCC)COP(=O)(O)OCC[N+](C)(C)C. The zero-order chi connectivity index (χ0) is 69.0. The van der Waals surface area contributed by atoms with Crippen molar-refractivity contribution in [3.63, 3.8) is 0 Å². The fourth-order valence-electron chi connectivity index (χ4n) is 12.3. The Labute approximate surface area is 590 Å². The Bertz CT molecular complexity index is 1830. The minimum Gasteiger partial charge on any atom is -0.462 e. The highest BCUT2D eigenvalue weighted by Crippen LogP contribution is 2.43. The van der Waals surface area contributed by atoms with Gasteiger partial charge in [-0.3, -0.25) is 18.6 Å². The predicted octanol–water partition coefficient (Wildman–Crippen LogP) is 27.5. The molecule has 2 unspecified atom stereocenters. The van der Waals surface area contributed by atoms with Crippen LogP contribution in [0.15, 0.2) is 72.9 Å². The summed E-state index contributed by atoms with van der Waals surface area (Å²) in [6.45, 7) is 4.39. The Morgan fingerprint density at radius 2 is 0.600 bits per heavy atom. The second-order valence-corrected chi connectivity index (χ2v) is 30.6. The molecule has 0 radical (unpaired) electrons. The number of quaternary nitrogens is 1. The molecule has 0 aromatic carbocycles. The van der Waals surface area contributed by atoms with Gasteiger partial charge < -0.3 is 18.9 Å². The molecule has 1 N–H and O–H groups in total. The molecule has 95 heavy (non-hydrogen) atoms. The lowest BCUT2D eigenvalue weighted by Crippen LogP contribution is -2.37. The van der Waals surface area contributed by atoms with Crippen LogP contribution in [0, 0.1) is 0 Å². The average Bonchev–Trinajstić information content (AvgIpc) is 1.80. The molecule has 0 aromatic heterocycles. The van der Waals surface area contributed by atoms with Crippen LogP contribution in [0.2, 0.25) is 0 Å². The van der Waals surface area contributed by atoms with Gasteiger partial charge in [0.25, 0.3) is 0 Å². The quantitative estimate of drug-likeness (QED) is 0.0211. The van der Waals surface area contributed by atoms with E-state index in [0.29, 0.717) is 23.9 Å². The van der Waals surface area contributed by atoms with Crippen LogP contribution in [0.3, 0.4) is 0 Å². The normalized spacial score (nSPS) is 13.4. The van der Waals surface area contributed by atoms with E-state index in [1.165, 1.54) is 302 Å². The van der Waals surface area contributed by atoms with E-state index in [9.17, 15) is 19.0 Å². The van der Waals surface area contributed by atoms with Gasteiger partial charge in [0.15, 0.2) is 6.10 Å². The molecule has 0 aliphatic carbocycles. The van der Waals surface area contributed by atoms with Crippen LogP contribution in [0.4, 0.5) is 0 Å².